The molecule has 0 unspecified atom stereocenters. The zero-order valence-electron chi connectivity index (χ0n) is 15.5. The van der Waals surface area contributed by atoms with Crippen LogP contribution in [0.3, 0.4) is 0 Å². The summed E-state index contributed by atoms with van der Waals surface area (Å²) in [5.74, 6) is 0.266. The van der Waals surface area contributed by atoms with E-state index in [-0.39, 0.29) is 18.1 Å². The van der Waals surface area contributed by atoms with E-state index < -0.39 is 0 Å². The number of anilines is 1. The van der Waals surface area contributed by atoms with E-state index in [1.54, 1.807) is 10.7 Å². The van der Waals surface area contributed by atoms with Gasteiger partial charge in [-0.05, 0) is 36.1 Å². The molecule has 28 heavy (non-hydrogen) atoms. The standard InChI is InChI=1S/C20H23N5O3/c26-20(23-19-22-18-6-1-2-9-25(18)24-19)21-13-15-4-3-5-16(12-15)14-28-17-7-10-27-11-8-17/h1-6,9,12,17H,7-8,10-11,13-14H2,(H2,21,23,24,26). The lowest BCUT2D eigenvalue weighted by Crippen LogP contribution is -2.28. The monoisotopic (exact) mass is 381 g/mol. The van der Waals surface area contributed by atoms with Crippen LogP contribution in [0.5, 0.6) is 0 Å². The molecule has 8 nitrogen and oxygen atoms in total. The zero-order chi connectivity index (χ0) is 19.2. The van der Waals surface area contributed by atoms with E-state index in [0.29, 0.717) is 18.8 Å². The molecule has 2 aromatic heterocycles. The smallest absolute Gasteiger partial charge is 0.321 e. The molecule has 2 amide bonds. The molecule has 0 aliphatic carbocycles. The number of amides is 2. The molecule has 3 aromatic rings. The Balaban J connectivity index is 1.27. The van der Waals surface area contributed by atoms with E-state index in [2.05, 4.69) is 20.7 Å². The fourth-order valence-electron chi connectivity index (χ4n) is 3.10. The number of aromatic nitrogens is 3. The van der Waals surface area contributed by atoms with Crippen molar-refractivity contribution in [3.05, 3.63) is 59.8 Å². The summed E-state index contributed by atoms with van der Waals surface area (Å²) in [4.78, 5) is 16.4. The molecule has 146 valence electrons. The fourth-order valence-corrected chi connectivity index (χ4v) is 3.10. The molecule has 0 saturated carbocycles. The maximum atomic E-state index is 12.1. The first-order chi connectivity index (χ1) is 13.8. The van der Waals surface area contributed by atoms with Crippen molar-refractivity contribution < 1.29 is 14.3 Å². The number of rotatable bonds is 6. The summed E-state index contributed by atoms with van der Waals surface area (Å²) >= 11 is 0. The van der Waals surface area contributed by atoms with Crippen molar-refractivity contribution in [2.75, 3.05) is 18.5 Å². The molecule has 0 bridgehead atoms. The summed E-state index contributed by atoms with van der Waals surface area (Å²) in [7, 11) is 0. The fraction of sp³-hybridized carbons (Fsp3) is 0.350. The highest BCUT2D eigenvalue weighted by atomic mass is 16.5. The summed E-state index contributed by atoms with van der Waals surface area (Å²) in [6, 6.07) is 13.2. The van der Waals surface area contributed by atoms with Gasteiger partial charge in [0.05, 0.1) is 12.7 Å². The first-order valence-corrected chi connectivity index (χ1v) is 9.40. The molecule has 1 aliphatic rings. The lowest BCUT2D eigenvalue weighted by Gasteiger charge is -2.22. The van der Waals surface area contributed by atoms with Gasteiger partial charge in [-0.3, -0.25) is 5.32 Å². The van der Waals surface area contributed by atoms with E-state index in [1.807, 2.05) is 42.5 Å². The third kappa shape index (κ3) is 4.85. The van der Waals surface area contributed by atoms with Gasteiger partial charge in [-0.1, -0.05) is 30.3 Å². The molecular formula is C20H23N5O3. The SMILES string of the molecule is O=C(NCc1cccc(COC2CCOCC2)c1)Nc1nc2ccccn2n1. The lowest BCUT2D eigenvalue weighted by molar-refractivity contribution is -0.0390. The van der Waals surface area contributed by atoms with Gasteiger partial charge in [0.25, 0.3) is 5.95 Å². The Bertz CT molecular complexity index is 903. The molecule has 1 aromatic carbocycles. The highest BCUT2D eigenvalue weighted by Gasteiger charge is 2.14. The third-order valence-corrected chi connectivity index (χ3v) is 4.57. The van der Waals surface area contributed by atoms with E-state index in [1.165, 1.54) is 0 Å². The summed E-state index contributed by atoms with van der Waals surface area (Å²) in [5.41, 5.74) is 2.77. The largest absolute Gasteiger partial charge is 0.381 e. The van der Waals surface area contributed by atoms with Crippen molar-refractivity contribution in [1.29, 1.82) is 0 Å². The molecule has 1 fully saturated rings. The van der Waals surface area contributed by atoms with Gasteiger partial charge in [0.2, 0.25) is 0 Å². The molecule has 4 rings (SSSR count). The van der Waals surface area contributed by atoms with E-state index >= 15 is 0 Å². The minimum Gasteiger partial charge on any atom is -0.381 e. The van der Waals surface area contributed by atoms with E-state index in [4.69, 9.17) is 9.47 Å². The molecule has 8 heteroatoms. The number of nitrogens with one attached hydrogen (secondary N) is 2. The van der Waals surface area contributed by atoms with Crippen LogP contribution in [0.2, 0.25) is 0 Å². The number of carbonyl (C=O) groups excluding carboxylic acids is 1. The van der Waals surface area contributed by atoms with Gasteiger partial charge in [-0.25, -0.2) is 9.31 Å². The maximum absolute atomic E-state index is 12.1. The zero-order valence-corrected chi connectivity index (χ0v) is 15.5. The lowest BCUT2D eigenvalue weighted by atomic mass is 10.1. The third-order valence-electron chi connectivity index (χ3n) is 4.57. The van der Waals surface area contributed by atoms with Crippen LogP contribution < -0.4 is 10.6 Å². The topological polar surface area (TPSA) is 89.8 Å². The van der Waals surface area contributed by atoms with Crippen molar-refractivity contribution in [2.24, 2.45) is 0 Å². The van der Waals surface area contributed by atoms with Crippen molar-refractivity contribution in [2.45, 2.75) is 32.1 Å². The van der Waals surface area contributed by atoms with Gasteiger partial charge in [0.1, 0.15) is 0 Å². The average Bonchev–Trinajstić information content (AvgIpc) is 3.14. The highest BCUT2D eigenvalue weighted by Crippen LogP contribution is 2.14. The van der Waals surface area contributed by atoms with Gasteiger partial charge in [0, 0.05) is 26.0 Å². The van der Waals surface area contributed by atoms with E-state index in [0.717, 1.165) is 37.2 Å². The molecule has 1 aliphatic heterocycles. The minimum atomic E-state index is -0.347. The van der Waals surface area contributed by atoms with Crippen molar-refractivity contribution in [3.63, 3.8) is 0 Å². The van der Waals surface area contributed by atoms with E-state index in [9.17, 15) is 4.79 Å². The second kappa shape index (κ2) is 8.81. The van der Waals surface area contributed by atoms with Gasteiger partial charge < -0.3 is 14.8 Å². The molecule has 3 heterocycles. The number of hydrogen-bond donors (Lipinski definition) is 2. The van der Waals surface area contributed by atoms with Crippen LogP contribution in [0.15, 0.2) is 48.7 Å². The van der Waals surface area contributed by atoms with Gasteiger partial charge >= 0.3 is 6.03 Å². The Labute approximate surface area is 162 Å². The molecular weight excluding hydrogens is 358 g/mol. The summed E-state index contributed by atoms with van der Waals surface area (Å²) in [6.07, 6.45) is 3.93. The average molecular weight is 381 g/mol. The second-order valence-corrected chi connectivity index (χ2v) is 6.69. The summed E-state index contributed by atoms with van der Waals surface area (Å²) in [5, 5.41) is 9.68. The number of urea groups is 1. The molecule has 0 spiro atoms. The number of fused-ring (bicyclic) bond motifs is 1. The van der Waals surface area contributed by atoms with Crippen LogP contribution in [0.4, 0.5) is 10.7 Å². The van der Waals surface area contributed by atoms with Crippen molar-refractivity contribution in [1.82, 2.24) is 19.9 Å². The van der Waals surface area contributed by atoms with Gasteiger partial charge in [-0.2, -0.15) is 4.98 Å². The minimum absolute atomic E-state index is 0.263. The number of benzene rings is 1. The Morgan fingerprint density at radius 2 is 2.04 bits per heavy atom. The van der Waals surface area contributed by atoms with Crippen LogP contribution in [0.25, 0.3) is 5.65 Å². The number of ether oxygens (including phenoxy) is 2. The first kappa shape index (κ1) is 18.4. The number of nitrogens with zero attached hydrogens (tertiary/aromatic N) is 3. The molecule has 0 radical (unpaired) electrons. The van der Waals surface area contributed by atoms with Crippen LogP contribution >= 0.6 is 0 Å². The Kier molecular flexibility index (Phi) is 5.79. The normalized spacial score (nSPS) is 14.9. The van der Waals surface area contributed by atoms with Gasteiger partial charge in [-0.15, -0.1) is 5.10 Å². The van der Waals surface area contributed by atoms with Crippen LogP contribution in [0, 0.1) is 0 Å². The number of pyridine rings is 1. The second-order valence-electron chi connectivity index (χ2n) is 6.69. The van der Waals surface area contributed by atoms with Crippen LogP contribution in [-0.2, 0) is 22.6 Å². The predicted molar refractivity (Wildman–Crippen MR) is 104 cm³/mol. The molecule has 2 N–H and O–H groups in total. The van der Waals surface area contributed by atoms with Crippen molar-refractivity contribution in [3.8, 4) is 0 Å². The summed E-state index contributed by atoms with van der Waals surface area (Å²) < 4.78 is 12.9. The number of hydrogen-bond acceptors (Lipinski definition) is 5. The maximum Gasteiger partial charge on any atom is 0.321 e. The van der Waals surface area contributed by atoms with Crippen LogP contribution in [-0.4, -0.2) is 39.9 Å². The molecule has 1 saturated heterocycles. The van der Waals surface area contributed by atoms with Crippen molar-refractivity contribution >= 4 is 17.6 Å². The first-order valence-electron chi connectivity index (χ1n) is 9.40. The van der Waals surface area contributed by atoms with Gasteiger partial charge in [0.15, 0.2) is 5.65 Å². The quantitative estimate of drug-likeness (QED) is 0.685. The molecule has 0 atom stereocenters. The highest BCUT2D eigenvalue weighted by molar-refractivity contribution is 5.87. The summed E-state index contributed by atoms with van der Waals surface area (Å²) in [6.45, 7) is 2.51. The Hall–Kier alpha value is -2.97. The van der Waals surface area contributed by atoms with Crippen LogP contribution in [0.1, 0.15) is 24.0 Å². The Morgan fingerprint density at radius 3 is 2.89 bits per heavy atom. The predicted octanol–water partition coefficient (Wildman–Crippen LogP) is 2.75. The Morgan fingerprint density at radius 1 is 1.18 bits per heavy atom. The number of carbonyl (C=O) groups is 1.